The van der Waals surface area contributed by atoms with Gasteiger partial charge in [0.2, 0.25) is 0 Å². The van der Waals surface area contributed by atoms with Crippen LogP contribution in [0.25, 0.3) is 0 Å². The van der Waals surface area contributed by atoms with Crippen molar-refractivity contribution in [2.45, 2.75) is 32.2 Å². The van der Waals surface area contributed by atoms with E-state index in [0.717, 1.165) is 12.1 Å². The van der Waals surface area contributed by atoms with Crippen LogP contribution in [0.1, 0.15) is 24.5 Å². The molecule has 0 aliphatic carbocycles. The maximum Gasteiger partial charge on any atom is 0.416 e. The average molecular weight is 372 g/mol. The zero-order chi connectivity index (χ0) is 18.4. The zero-order valence-electron chi connectivity index (χ0n) is 13.4. The maximum atomic E-state index is 12.7. The molecule has 25 heavy (non-hydrogen) atoms. The Morgan fingerprint density at radius 2 is 1.88 bits per heavy atom. The Morgan fingerprint density at radius 3 is 2.48 bits per heavy atom. The lowest BCUT2D eigenvalue weighted by molar-refractivity contribution is -0.137. The van der Waals surface area contributed by atoms with E-state index in [1.165, 1.54) is 12.1 Å². The molecular formula is C18H17ClF3NO2. The number of rotatable bonds is 6. The average Bonchev–Trinajstić information content (AvgIpc) is 2.58. The van der Waals surface area contributed by atoms with Gasteiger partial charge in [0.25, 0.3) is 5.91 Å². The van der Waals surface area contributed by atoms with E-state index in [9.17, 15) is 18.0 Å². The topological polar surface area (TPSA) is 38.3 Å². The largest absolute Gasteiger partial charge is 0.481 e. The molecule has 0 radical (unpaired) electrons. The van der Waals surface area contributed by atoms with Gasteiger partial charge in [-0.3, -0.25) is 4.79 Å². The number of carbonyl (C=O) groups excluding carboxylic acids is 1. The second-order valence-electron chi connectivity index (χ2n) is 5.38. The van der Waals surface area contributed by atoms with Crippen molar-refractivity contribution in [1.29, 1.82) is 0 Å². The Bertz CT molecular complexity index is 717. The van der Waals surface area contributed by atoms with Gasteiger partial charge in [-0.05, 0) is 48.4 Å². The summed E-state index contributed by atoms with van der Waals surface area (Å²) in [6, 6.07) is 11.4. The van der Waals surface area contributed by atoms with Crippen LogP contribution in [0.3, 0.4) is 0 Å². The summed E-state index contributed by atoms with van der Waals surface area (Å²) in [5, 5.41) is 3.15. The van der Waals surface area contributed by atoms with Crippen molar-refractivity contribution in [2.24, 2.45) is 0 Å². The highest BCUT2D eigenvalue weighted by molar-refractivity contribution is 6.30. The maximum absolute atomic E-state index is 12.7. The van der Waals surface area contributed by atoms with Gasteiger partial charge < -0.3 is 10.1 Å². The van der Waals surface area contributed by atoms with Crippen molar-refractivity contribution in [2.75, 3.05) is 0 Å². The normalized spacial score (nSPS) is 12.5. The fraction of sp³-hybridized carbons (Fsp3) is 0.278. The summed E-state index contributed by atoms with van der Waals surface area (Å²) >= 11 is 5.79. The molecule has 3 nitrogen and oxygen atoms in total. The summed E-state index contributed by atoms with van der Waals surface area (Å²) in [6.07, 6.45) is -4.74. The first kappa shape index (κ1) is 19.1. The van der Waals surface area contributed by atoms with Crippen molar-refractivity contribution in [3.05, 3.63) is 64.7 Å². The predicted octanol–water partition coefficient (Wildman–Crippen LogP) is 4.83. The van der Waals surface area contributed by atoms with E-state index in [2.05, 4.69) is 5.32 Å². The van der Waals surface area contributed by atoms with E-state index >= 15 is 0 Å². The van der Waals surface area contributed by atoms with E-state index < -0.39 is 23.8 Å². The lowest BCUT2D eigenvalue weighted by atomic mass is 10.1. The SMILES string of the molecule is CC[C@H](Oc1ccc(Cl)cc1)C(=O)NCc1cccc(C(F)(F)F)c1. The van der Waals surface area contributed by atoms with Gasteiger partial charge >= 0.3 is 6.18 Å². The summed E-state index contributed by atoms with van der Waals surface area (Å²) in [4.78, 5) is 12.2. The Kier molecular flexibility index (Phi) is 6.31. The Morgan fingerprint density at radius 1 is 1.20 bits per heavy atom. The fourth-order valence-electron chi connectivity index (χ4n) is 2.16. The van der Waals surface area contributed by atoms with E-state index in [0.29, 0.717) is 22.8 Å². The number of hydrogen-bond donors (Lipinski definition) is 1. The molecule has 0 heterocycles. The lowest BCUT2D eigenvalue weighted by Crippen LogP contribution is -2.37. The third kappa shape index (κ3) is 5.67. The van der Waals surface area contributed by atoms with Gasteiger partial charge in [0, 0.05) is 11.6 Å². The summed E-state index contributed by atoms with van der Waals surface area (Å²) < 4.78 is 43.7. The van der Waals surface area contributed by atoms with E-state index in [1.54, 1.807) is 31.2 Å². The first-order valence-corrected chi connectivity index (χ1v) is 8.03. The van der Waals surface area contributed by atoms with E-state index in [-0.39, 0.29) is 6.54 Å². The van der Waals surface area contributed by atoms with Crippen LogP contribution in [0.5, 0.6) is 5.75 Å². The number of alkyl halides is 3. The van der Waals surface area contributed by atoms with Crippen LogP contribution < -0.4 is 10.1 Å². The molecule has 1 amide bonds. The molecule has 0 aliphatic rings. The van der Waals surface area contributed by atoms with Crippen LogP contribution in [-0.2, 0) is 17.5 Å². The minimum absolute atomic E-state index is 0.0107. The minimum atomic E-state index is -4.41. The molecular weight excluding hydrogens is 355 g/mol. The molecule has 0 fully saturated rings. The molecule has 1 N–H and O–H groups in total. The number of nitrogens with one attached hydrogen (secondary N) is 1. The van der Waals surface area contributed by atoms with Crippen LogP contribution in [0.2, 0.25) is 5.02 Å². The second kappa shape index (κ2) is 8.25. The molecule has 0 spiro atoms. The molecule has 0 aromatic heterocycles. The monoisotopic (exact) mass is 371 g/mol. The Hall–Kier alpha value is -2.21. The third-order valence-corrected chi connectivity index (χ3v) is 3.73. The number of halogens is 4. The van der Waals surface area contributed by atoms with Gasteiger partial charge in [-0.1, -0.05) is 30.7 Å². The third-order valence-electron chi connectivity index (χ3n) is 3.48. The molecule has 7 heteroatoms. The highest BCUT2D eigenvalue weighted by atomic mass is 35.5. The Labute approximate surface area is 148 Å². The lowest BCUT2D eigenvalue weighted by Gasteiger charge is -2.17. The van der Waals surface area contributed by atoms with Gasteiger partial charge in [-0.2, -0.15) is 13.2 Å². The molecule has 0 unspecified atom stereocenters. The standard InChI is InChI=1S/C18H17ClF3NO2/c1-2-16(25-15-8-6-14(19)7-9-15)17(24)23-11-12-4-3-5-13(10-12)18(20,21)22/h3-10,16H,2,11H2,1H3,(H,23,24)/t16-/m0/s1. The van der Waals surface area contributed by atoms with Crippen LogP contribution in [0.4, 0.5) is 13.2 Å². The number of carbonyl (C=O) groups is 1. The van der Waals surface area contributed by atoms with Crippen molar-refractivity contribution >= 4 is 17.5 Å². The van der Waals surface area contributed by atoms with Gasteiger partial charge in [-0.25, -0.2) is 0 Å². The highest BCUT2D eigenvalue weighted by Gasteiger charge is 2.30. The van der Waals surface area contributed by atoms with Crippen molar-refractivity contribution in [3.8, 4) is 5.75 Å². The minimum Gasteiger partial charge on any atom is -0.481 e. The molecule has 134 valence electrons. The number of ether oxygens (including phenoxy) is 1. The fourth-order valence-corrected chi connectivity index (χ4v) is 2.29. The molecule has 0 saturated carbocycles. The molecule has 1 atom stereocenters. The highest BCUT2D eigenvalue weighted by Crippen LogP contribution is 2.29. The number of hydrogen-bond acceptors (Lipinski definition) is 2. The van der Waals surface area contributed by atoms with Gasteiger partial charge in [0.15, 0.2) is 6.10 Å². The summed E-state index contributed by atoms with van der Waals surface area (Å²) in [6.45, 7) is 1.77. The number of benzene rings is 2. The van der Waals surface area contributed by atoms with E-state index in [1.807, 2.05) is 0 Å². The second-order valence-corrected chi connectivity index (χ2v) is 5.82. The number of amides is 1. The first-order valence-electron chi connectivity index (χ1n) is 7.65. The molecule has 2 rings (SSSR count). The smallest absolute Gasteiger partial charge is 0.416 e. The molecule has 0 bridgehead atoms. The van der Waals surface area contributed by atoms with Crippen LogP contribution in [0, 0.1) is 0 Å². The quantitative estimate of drug-likeness (QED) is 0.789. The van der Waals surface area contributed by atoms with Crippen molar-refractivity contribution < 1.29 is 22.7 Å². The van der Waals surface area contributed by atoms with Gasteiger partial charge in [0.1, 0.15) is 5.75 Å². The molecule has 0 saturated heterocycles. The Balaban J connectivity index is 1.97. The predicted molar refractivity (Wildman–Crippen MR) is 89.4 cm³/mol. The summed E-state index contributed by atoms with van der Waals surface area (Å²) in [5.41, 5.74) is -0.381. The summed E-state index contributed by atoms with van der Waals surface area (Å²) in [5.74, 6) is 0.0975. The van der Waals surface area contributed by atoms with Gasteiger partial charge in [-0.15, -0.1) is 0 Å². The molecule has 0 aliphatic heterocycles. The first-order chi connectivity index (χ1) is 11.8. The van der Waals surface area contributed by atoms with Gasteiger partial charge in [0.05, 0.1) is 5.56 Å². The molecule has 2 aromatic carbocycles. The summed E-state index contributed by atoms with van der Waals surface area (Å²) in [7, 11) is 0. The van der Waals surface area contributed by atoms with Crippen LogP contribution in [0.15, 0.2) is 48.5 Å². The van der Waals surface area contributed by atoms with Crippen molar-refractivity contribution in [3.63, 3.8) is 0 Å². The van der Waals surface area contributed by atoms with Crippen LogP contribution in [-0.4, -0.2) is 12.0 Å². The molecule has 2 aromatic rings. The van der Waals surface area contributed by atoms with E-state index in [4.69, 9.17) is 16.3 Å². The van der Waals surface area contributed by atoms with Crippen molar-refractivity contribution in [1.82, 2.24) is 5.32 Å². The zero-order valence-corrected chi connectivity index (χ0v) is 14.2. The van der Waals surface area contributed by atoms with Crippen LogP contribution >= 0.6 is 11.6 Å².